The first-order valence-corrected chi connectivity index (χ1v) is 9.19. The number of nitro groups is 1. The molecule has 1 aromatic heterocycles. The van der Waals surface area contributed by atoms with Crippen molar-refractivity contribution in [3.05, 3.63) is 62.3 Å². The van der Waals surface area contributed by atoms with Gasteiger partial charge >= 0.3 is 0 Å². The zero-order valence-corrected chi connectivity index (χ0v) is 13.6. The summed E-state index contributed by atoms with van der Waals surface area (Å²) < 4.78 is 26.7. The maximum absolute atomic E-state index is 12.1. The van der Waals surface area contributed by atoms with Gasteiger partial charge in [0.25, 0.3) is 5.69 Å². The number of sulfonamides is 1. The molecular formula is C14H16N2O4S2. The van der Waals surface area contributed by atoms with Crippen LogP contribution in [0.5, 0.6) is 0 Å². The highest BCUT2D eigenvalue weighted by Crippen LogP contribution is 2.18. The van der Waals surface area contributed by atoms with Crippen LogP contribution in [0.15, 0.2) is 41.1 Å². The van der Waals surface area contributed by atoms with Crippen molar-refractivity contribution < 1.29 is 13.3 Å². The molecule has 8 heteroatoms. The third kappa shape index (κ3) is 4.62. The Hall–Kier alpha value is -1.77. The second-order valence-corrected chi connectivity index (χ2v) is 7.58. The highest BCUT2D eigenvalue weighted by Gasteiger charge is 2.16. The number of non-ortho nitro benzene ring substituents is 1. The molecule has 0 bridgehead atoms. The van der Waals surface area contributed by atoms with Gasteiger partial charge in [-0.25, -0.2) is 13.1 Å². The van der Waals surface area contributed by atoms with Gasteiger partial charge in [0.05, 0.1) is 10.7 Å². The van der Waals surface area contributed by atoms with Crippen molar-refractivity contribution in [2.24, 2.45) is 0 Å². The molecule has 0 saturated heterocycles. The largest absolute Gasteiger partial charge is 0.269 e. The average Bonchev–Trinajstić information content (AvgIpc) is 2.99. The Morgan fingerprint density at radius 2 is 2.14 bits per heavy atom. The molecule has 0 saturated carbocycles. The third-order valence-electron chi connectivity index (χ3n) is 3.20. The van der Waals surface area contributed by atoms with E-state index in [2.05, 4.69) is 4.72 Å². The van der Waals surface area contributed by atoms with Crippen LogP contribution in [0.25, 0.3) is 0 Å². The molecule has 1 N–H and O–H groups in total. The van der Waals surface area contributed by atoms with Crippen LogP contribution in [0.3, 0.4) is 0 Å². The molecule has 0 amide bonds. The van der Waals surface area contributed by atoms with E-state index in [0.29, 0.717) is 12.1 Å². The molecule has 0 spiro atoms. The fourth-order valence-corrected chi connectivity index (χ4v) is 3.96. The summed E-state index contributed by atoms with van der Waals surface area (Å²) >= 11 is 1.57. The molecule has 2 rings (SSSR count). The summed E-state index contributed by atoms with van der Waals surface area (Å²) in [6, 6.07) is 7.62. The number of benzene rings is 1. The molecule has 0 fully saturated rings. The van der Waals surface area contributed by atoms with Crippen molar-refractivity contribution in [3.8, 4) is 0 Å². The summed E-state index contributed by atoms with van der Waals surface area (Å²) in [7, 11) is -3.53. The Morgan fingerprint density at radius 1 is 1.36 bits per heavy atom. The predicted molar refractivity (Wildman–Crippen MR) is 86.5 cm³/mol. The number of rotatable bonds is 7. The van der Waals surface area contributed by atoms with E-state index < -0.39 is 14.9 Å². The molecule has 0 aliphatic heterocycles. The van der Waals surface area contributed by atoms with Crippen LogP contribution >= 0.6 is 11.3 Å². The van der Waals surface area contributed by atoms with Gasteiger partial charge < -0.3 is 0 Å². The van der Waals surface area contributed by atoms with Crippen molar-refractivity contribution in [1.29, 1.82) is 0 Å². The molecule has 1 unspecified atom stereocenters. The summed E-state index contributed by atoms with van der Waals surface area (Å²) in [5.74, 6) is -0.198. The lowest BCUT2D eigenvalue weighted by Crippen LogP contribution is -2.28. The van der Waals surface area contributed by atoms with Gasteiger partial charge in [0.15, 0.2) is 0 Å². The Labute approximate surface area is 133 Å². The zero-order chi connectivity index (χ0) is 16.2. The molecule has 118 valence electrons. The van der Waals surface area contributed by atoms with Crippen LogP contribution in [0.4, 0.5) is 5.69 Å². The molecule has 2 aromatic rings. The molecule has 0 radical (unpaired) electrons. The summed E-state index contributed by atoms with van der Waals surface area (Å²) in [6.45, 7) is 2.24. The van der Waals surface area contributed by atoms with Gasteiger partial charge in [0.1, 0.15) is 0 Å². The minimum Gasteiger partial charge on any atom is -0.258 e. The smallest absolute Gasteiger partial charge is 0.258 e. The molecule has 1 atom stereocenters. The fraction of sp³-hybridized carbons (Fsp3) is 0.286. The molecule has 1 heterocycles. The number of thiophene rings is 1. The Morgan fingerprint density at radius 3 is 2.77 bits per heavy atom. The van der Waals surface area contributed by atoms with E-state index in [0.717, 1.165) is 5.56 Å². The van der Waals surface area contributed by atoms with Crippen LogP contribution in [-0.2, 0) is 15.8 Å². The summed E-state index contributed by atoms with van der Waals surface area (Å²) in [5.41, 5.74) is 1.37. The van der Waals surface area contributed by atoms with Gasteiger partial charge in [-0.1, -0.05) is 19.1 Å². The number of hydrogen-bond acceptors (Lipinski definition) is 5. The van der Waals surface area contributed by atoms with Crippen LogP contribution in [0, 0.1) is 10.1 Å². The Bertz CT molecular complexity index is 742. The predicted octanol–water partition coefficient (Wildman–Crippen LogP) is 2.88. The lowest BCUT2D eigenvalue weighted by Gasteiger charge is -2.12. The minimum atomic E-state index is -3.53. The molecule has 0 aliphatic rings. The second kappa shape index (κ2) is 6.99. The monoisotopic (exact) mass is 340 g/mol. The van der Waals surface area contributed by atoms with E-state index >= 15 is 0 Å². The summed E-state index contributed by atoms with van der Waals surface area (Å²) in [4.78, 5) is 10.2. The highest BCUT2D eigenvalue weighted by molar-refractivity contribution is 7.88. The number of nitrogens with zero attached hydrogens (tertiary/aromatic N) is 1. The van der Waals surface area contributed by atoms with E-state index in [1.165, 1.54) is 18.2 Å². The maximum Gasteiger partial charge on any atom is 0.269 e. The Balaban J connectivity index is 1.99. The van der Waals surface area contributed by atoms with Crippen molar-refractivity contribution in [3.63, 3.8) is 0 Å². The standard InChI is InChI=1S/C14H16N2O4S2/c1-11(13-5-6-21-9-13)8-15-22(19,20)10-12-3-2-4-14(7-12)16(17)18/h2-7,9,11,15H,8,10H2,1H3. The normalized spacial score (nSPS) is 13.0. The molecule has 22 heavy (non-hydrogen) atoms. The van der Waals surface area contributed by atoms with Gasteiger partial charge in [-0.2, -0.15) is 11.3 Å². The highest BCUT2D eigenvalue weighted by atomic mass is 32.2. The molecule has 6 nitrogen and oxygen atoms in total. The van der Waals surface area contributed by atoms with E-state index in [1.54, 1.807) is 17.4 Å². The first-order chi connectivity index (χ1) is 10.4. The number of nitrogens with one attached hydrogen (secondary N) is 1. The van der Waals surface area contributed by atoms with E-state index in [9.17, 15) is 18.5 Å². The fourth-order valence-electron chi connectivity index (χ4n) is 1.96. The topological polar surface area (TPSA) is 89.3 Å². The summed E-state index contributed by atoms with van der Waals surface area (Å²) in [6.07, 6.45) is 0. The van der Waals surface area contributed by atoms with Gasteiger partial charge in [-0.3, -0.25) is 10.1 Å². The van der Waals surface area contributed by atoms with Gasteiger partial charge in [-0.15, -0.1) is 0 Å². The maximum atomic E-state index is 12.1. The first kappa shape index (κ1) is 16.6. The van der Waals surface area contributed by atoms with E-state index in [-0.39, 0.29) is 17.4 Å². The van der Waals surface area contributed by atoms with Crippen molar-refractivity contribution >= 4 is 27.0 Å². The second-order valence-electron chi connectivity index (χ2n) is 4.99. The van der Waals surface area contributed by atoms with E-state index in [1.807, 2.05) is 23.8 Å². The zero-order valence-electron chi connectivity index (χ0n) is 11.9. The van der Waals surface area contributed by atoms with Crippen LogP contribution in [-0.4, -0.2) is 19.9 Å². The quantitative estimate of drug-likeness (QED) is 0.620. The molecular weight excluding hydrogens is 324 g/mol. The average molecular weight is 340 g/mol. The third-order valence-corrected chi connectivity index (χ3v) is 5.22. The first-order valence-electron chi connectivity index (χ1n) is 6.60. The van der Waals surface area contributed by atoms with Gasteiger partial charge in [-0.05, 0) is 33.9 Å². The lowest BCUT2D eigenvalue weighted by atomic mass is 10.1. The van der Waals surface area contributed by atoms with Crippen molar-refractivity contribution in [2.75, 3.05) is 6.54 Å². The number of hydrogen-bond donors (Lipinski definition) is 1. The number of nitro benzene ring substituents is 1. The van der Waals surface area contributed by atoms with Gasteiger partial charge in [0.2, 0.25) is 10.0 Å². The molecule has 1 aromatic carbocycles. The van der Waals surface area contributed by atoms with Crippen molar-refractivity contribution in [2.45, 2.75) is 18.6 Å². The van der Waals surface area contributed by atoms with Gasteiger partial charge in [0, 0.05) is 18.7 Å². The van der Waals surface area contributed by atoms with E-state index in [4.69, 9.17) is 0 Å². The van der Waals surface area contributed by atoms with Crippen LogP contribution in [0.1, 0.15) is 24.0 Å². The minimum absolute atomic E-state index is 0.0751. The van der Waals surface area contributed by atoms with Crippen LogP contribution < -0.4 is 4.72 Å². The lowest BCUT2D eigenvalue weighted by molar-refractivity contribution is -0.384. The SMILES string of the molecule is CC(CNS(=O)(=O)Cc1cccc([N+](=O)[O-])c1)c1ccsc1. The molecule has 0 aliphatic carbocycles. The van der Waals surface area contributed by atoms with Crippen LogP contribution in [0.2, 0.25) is 0 Å². The Kier molecular flexibility index (Phi) is 5.28. The van der Waals surface area contributed by atoms with Crippen molar-refractivity contribution in [1.82, 2.24) is 4.72 Å². The summed E-state index contributed by atoms with van der Waals surface area (Å²) in [5, 5.41) is 14.6.